The van der Waals surface area contributed by atoms with Crippen LogP contribution in [0.4, 0.5) is 0 Å². The SMILES string of the molecule is CCCCC/C=C\C/C=C\CC(O)/C=C\C=C\CCCC(=O)OC[C@H](COP(=O)([O-])OCC[N+](C)(C)C)OC(=O)CCCCCCCCCCCCc1oc(CCCCC)c(C)c1C. The highest BCUT2D eigenvalue weighted by Gasteiger charge is 2.22. The predicted molar refractivity (Wildman–Crippen MR) is 259 cm³/mol. The van der Waals surface area contributed by atoms with Crippen LogP contribution in [0.3, 0.4) is 0 Å². The lowest BCUT2D eigenvalue weighted by molar-refractivity contribution is -0.870. The van der Waals surface area contributed by atoms with Crippen LogP contribution >= 0.6 is 7.82 Å². The molecule has 368 valence electrons. The molecule has 0 spiro atoms. The number of aliphatic hydroxyl groups excluding tert-OH is 1. The Morgan fingerprint density at radius 3 is 1.89 bits per heavy atom. The number of nitrogens with zero attached hydrogens (tertiary/aromatic N) is 1. The highest BCUT2D eigenvalue weighted by atomic mass is 31.2. The largest absolute Gasteiger partial charge is 0.756 e. The van der Waals surface area contributed by atoms with E-state index in [9.17, 15) is 24.2 Å². The fourth-order valence-electron chi connectivity index (χ4n) is 6.91. The van der Waals surface area contributed by atoms with Crippen LogP contribution in [0.5, 0.6) is 0 Å². The number of hydrogen-bond acceptors (Lipinski definition) is 10. The molecule has 1 aromatic heterocycles. The lowest BCUT2D eigenvalue weighted by Crippen LogP contribution is -2.37. The number of carbonyl (C=O) groups excluding carboxylic acids is 2. The predicted octanol–water partition coefficient (Wildman–Crippen LogP) is 12.2. The highest BCUT2D eigenvalue weighted by Crippen LogP contribution is 2.38. The first-order chi connectivity index (χ1) is 30.7. The summed E-state index contributed by atoms with van der Waals surface area (Å²) >= 11 is 0. The molecule has 64 heavy (non-hydrogen) atoms. The average molecular weight is 920 g/mol. The smallest absolute Gasteiger partial charge is 0.306 e. The highest BCUT2D eigenvalue weighted by molar-refractivity contribution is 7.45. The van der Waals surface area contributed by atoms with Crippen LogP contribution in [0.15, 0.2) is 53.0 Å². The zero-order chi connectivity index (χ0) is 47.3. The van der Waals surface area contributed by atoms with E-state index in [0.29, 0.717) is 36.7 Å². The molecule has 1 rings (SSSR count). The van der Waals surface area contributed by atoms with Crippen molar-refractivity contribution in [1.29, 1.82) is 0 Å². The van der Waals surface area contributed by atoms with Gasteiger partial charge in [0.2, 0.25) is 0 Å². The monoisotopic (exact) mass is 920 g/mol. The van der Waals surface area contributed by atoms with E-state index >= 15 is 0 Å². The zero-order valence-corrected chi connectivity index (χ0v) is 42.2. The molecule has 0 aliphatic heterocycles. The number of quaternary nitrogens is 1. The van der Waals surface area contributed by atoms with Crippen molar-refractivity contribution in [1.82, 2.24) is 0 Å². The van der Waals surface area contributed by atoms with Gasteiger partial charge in [0.1, 0.15) is 31.3 Å². The summed E-state index contributed by atoms with van der Waals surface area (Å²) < 4.78 is 40.2. The second-order valence-electron chi connectivity index (χ2n) is 18.3. The number of aliphatic hydroxyl groups is 1. The molecular formula is C52H90NO10P. The minimum absolute atomic E-state index is 0.0603. The number of phosphoric ester groups is 1. The van der Waals surface area contributed by atoms with Crippen molar-refractivity contribution in [3.05, 3.63) is 71.3 Å². The fraction of sp³-hybridized carbons (Fsp3) is 0.731. The Morgan fingerprint density at radius 1 is 0.688 bits per heavy atom. The van der Waals surface area contributed by atoms with Crippen LogP contribution in [-0.2, 0) is 45.5 Å². The summed E-state index contributed by atoms with van der Waals surface area (Å²) in [5.74, 6) is 1.38. The fourth-order valence-corrected chi connectivity index (χ4v) is 7.63. The standard InChI is InChI=1S/C52H90NO10P/c1-8-10-12-13-14-17-20-24-30-35-47(54)36-31-25-23-28-33-39-51(55)59-43-48(44-61-64(57,58)60-42-41-53(5,6)7)62-52(56)40-34-27-22-19-16-15-18-21-26-32-38-50-46(4)45(3)49(63-50)37-29-11-9-2/h14,17,23-25,30-31,36,47-48,54H,8-13,15-16,18-22,26-29,32-35,37-44H2,1-7H3/b17-14-,25-23+,30-24-,36-31-/t47?,48-/m1/s1. The number of rotatable bonds is 41. The first-order valence-electron chi connectivity index (χ1n) is 24.8. The molecule has 0 saturated carbocycles. The molecule has 2 unspecified atom stereocenters. The average Bonchev–Trinajstić information content (AvgIpc) is 3.51. The van der Waals surface area contributed by atoms with E-state index in [0.717, 1.165) is 51.4 Å². The molecule has 0 aliphatic rings. The Kier molecular flexibility index (Phi) is 34.5. The van der Waals surface area contributed by atoms with Crippen LogP contribution in [0.1, 0.15) is 184 Å². The molecule has 1 heterocycles. The van der Waals surface area contributed by atoms with Gasteiger partial charge in [0.15, 0.2) is 6.10 Å². The van der Waals surface area contributed by atoms with E-state index in [4.69, 9.17) is 22.9 Å². The molecule has 1 N–H and O–H groups in total. The maximum Gasteiger partial charge on any atom is 0.306 e. The van der Waals surface area contributed by atoms with Gasteiger partial charge in [-0.3, -0.25) is 14.2 Å². The van der Waals surface area contributed by atoms with Gasteiger partial charge in [-0.1, -0.05) is 140 Å². The number of aryl methyl sites for hydroxylation is 2. The molecule has 0 aliphatic carbocycles. The Balaban J connectivity index is 2.37. The van der Waals surface area contributed by atoms with Crippen molar-refractivity contribution in [2.24, 2.45) is 0 Å². The number of likely N-dealkylation sites (N-methyl/N-ethyl adjacent to an activating group) is 1. The molecule has 3 atom stereocenters. The minimum atomic E-state index is -4.67. The topological polar surface area (TPSA) is 145 Å². The number of allylic oxidation sites excluding steroid dienone is 6. The van der Waals surface area contributed by atoms with Crippen molar-refractivity contribution >= 4 is 19.8 Å². The van der Waals surface area contributed by atoms with Gasteiger partial charge in [-0.2, -0.15) is 0 Å². The van der Waals surface area contributed by atoms with Crippen molar-refractivity contribution < 1.29 is 51.6 Å². The van der Waals surface area contributed by atoms with Gasteiger partial charge in [0, 0.05) is 25.7 Å². The second kappa shape index (κ2) is 37.3. The van der Waals surface area contributed by atoms with Gasteiger partial charge in [-0.25, -0.2) is 0 Å². The molecule has 12 heteroatoms. The van der Waals surface area contributed by atoms with Crippen LogP contribution in [-0.4, -0.2) is 81.2 Å². The molecule has 0 aromatic carbocycles. The van der Waals surface area contributed by atoms with Crippen molar-refractivity contribution in [2.75, 3.05) is 47.5 Å². The van der Waals surface area contributed by atoms with Crippen LogP contribution in [0.2, 0.25) is 0 Å². The van der Waals surface area contributed by atoms with E-state index in [2.05, 4.69) is 45.9 Å². The Bertz CT molecular complexity index is 1520. The van der Waals surface area contributed by atoms with Crippen molar-refractivity contribution in [2.45, 2.75) is 200 Å². The molecule has 0 saturated heterocycles. The van der Waals surface area contributed by atoms with Crippen molar-refractivity contribution in [3.63, 3.8) is 0 Å². The maximum absolute atomic E-state index is 12.8. The number of hydrogen-bond donors (Lipinski definition) is 1. The second-order valence-corrected chi connectivity index (χ2v) is 19.7. The summed E-state index contributed by atoms with van der Waals surface area (Å²) in [6.07, 6.45) is 38.4. The zero-order valence-electron chi connectivity index (χ0n) is 41.3. The van der Waals surface area contributed by atoms with Gasteiger partial charge in [0.05, 0.1) is 33.9 Å². The van der Waals surface area contributed by atoms with E-state index in [1.807, 2.05) is 39.4 Å². The van der Waals surface area contributed by atoms with Gasteiger partial charge in [-0.15, -0.1) is 0 Å². The summed E-state index contributed by atoms with van der Waals surface area (Å²) in [6, 6.07) is 0. The quantitative estimate of drug-likeness (QED) is 0.0168. The third-order valence-electron chi connectivity index (χ3n) is 11.1. The third-order valence-corrected chi connectivity index (χ3v) is 12.1. The van der Waals surface area contributed by atoms with E-state index in [1.165, 1.54) is 93.3 Å². The number of unbranched alkanes of at least 4 members (excludes halogenated alkanes) is 15. The maximum atomic E-state index is 12.8. The van der Waals surface area contributed by atoms with Gasteiger partial charge in [-0.05, 0) is 82.8 Å². The summed E-state index contributed by atoms with van der Waals surface area (Å²) in [6.45, 7) is 8.37. The van der Waals surface area contributed by atoms with Gasteiger partial charge < -0.3 is 37.4 Å². The lowest BCUT2D eigenvalue weighted by Gasteiger charge is -2.28. The van der Waals surface area contributed by atoms with Gasteiger partial charge in [0.25, 0.3) is 7.82 Å². The molecule has 0 fully saturated rings. The number of furan rings is 1. The third kappa shape index (κ3) is 33.7. The minimum Gasteiger partial charge on any atom is -0.756 e. The molecule has 0 amide bonds. The number of phosphoric acid groups is 1. The summed E-state index contributed by atoms with van der Waals surface area (Å²) in [5, 5.41) is 10.2. The normalized spacial score (nSPS) is 14.3. The van der Waals surface area contributed by atoms with E-state index < -0.39 is 38.6 Å². The van der Waals surface area contributed by atoms with Gasteiger partial charge >= 0.3 is 11.9 Å². The Morgan fingerprint density at radius 2 is 1.25 bits per heavy atom. The molecule has 11 nitrogen and oxygen atoms in total. The molecule has 0 bridgehead atoms. The van der Waals surface area contributed by atoms with Crippen molar-refractivity contribution in [3.8, 4) is 0 Å². The number of ether oxygens (including phenoxy) is 2. The first-order valence-corrected chi connectivity index (χ1v) is 26.3. The summed E-state index contributed by atoms with van der Waals surface area (Å²) in [7, 11) is 1.07. The summed E-state index contributed by atoms with van der Waals surface area (Å²) in [4.78, 5) is 37.7. The molecule has 1 aromatic rings. The summed E-state index contributed by atoms with van der Waals surface area (Å²) in [5.41, 5.74) is 2.67. The number of carbonyl (C=O) groups is 2. The lowest BCUT2D eigenvalue weighted by atomic mass is 10.0. The van der Waals surface area contributed by atoms with Crippen LogP contribution in [0, 0.1) is 13.8 Å². The molecule has 0 radical (unpaired) electrons. The van der Waals surface area contributed by atoms with Crippen LogP contribution in [0.25, 0.3) is 0 Å². The van der Waals surface area contributed by atoms with E-state index in [-0.39, 0.29) is 26.1 Å². The van der Waals surface area contributed by atoms with Crippen LogP contribution < -0.4 is 4.89 Å². The molecular weight excluding hydrogens is 830 g/mol. The Labute approximate surface area is 389 Å². The van der Waals surface area contributed by atoms with E-state index in [1.54, 1.807) is 12.2 Å². The number of esters is 2. The Hall–Kier alpha value is -2.79. The first kappa shape index (κ1) is 59.2.